The summed E-state index contributed by atoms with van der Waals surface area (Å²) in [5.74, 6) is -10.9. The molecule has 0 unspecified atom stereocenters. The summed E-state index contributed by atoms with van der Waals surface area (Å²) in [6, 6.07) is 3.65. The number of benzene rings is 2. The van der Waals surface area contributed by atoms with Gasteiger partial charge in [-0.25, -0.2) is 22.9 Å². The van der Waals surface area contributed by atoms with Crippen LogP contribution in [0.1, 0.15) is 32.8 Å². The van der Waals surface area contributed by atoms with E-state index in [4.69, 9.17) is 44.6 Å². The van der Waals surface area contributed by atoms with E-state index in [9.17, 15) is 35.9 Å². The van der Waals surface area contributed by atoms with Crippen molar-refractivity contribution in [3.8, 4) is 23.0 Å². The van der Waals surface area contributed by atoms with Crippen LogP contribution in [0.2, 0.25) is 5.02 Å². The lowest BCUT2D eigenvalue weighted by Gasteiger charge is -2.26. The molecule has 1 aromatic heterocycles. The molecule has 8 nitrogen and oxygen atoms in total. The summed E-state index contributed by atoms with van der Waals surface area (Å²) in [5.41, 5.74) is -3.17. The summed E-state index contributed by atoms with van der Waals surface area (Å²) in [6.07, 6.45) is -7.87. The number of nitrogens with zero attached hydrogens (tertiary/aromatic N) is 1. The molecule has 3 aromatic rings. The molecule has 1 N–H and O–H groups in total. The number of pyridine rings is 1. The zero-order valence-electron chi connectivity index (χ0n) is 20.7. The van der Waals surface area contributed by atoms with Crippen molar-refractivity contribution in [3.63, 3.8) is 0 Å². The molecule has 2 aromatic carbocycles. The van der Waals surface area contributed by atoms with Crippen LogP contribution in [-0.4, -0.2) is 59.2 Å². The number of hydrogen-bond acceptors (Lipinski definition) is 7. The molecule has 0 aliphatic rings. The number of hydrogen-bond donors (Lipinski definition) is 1. The molecule has 214 valence electrons. The van der Waals surface area contributed by atoms with Crippen LogP contribution in [0, 0.1) is 11.6 Å². The average Bonchev–Trinajstić information content (AvgIpc) is 2.85. The molecule has 0 spiro atoms. The lowest BCUT2D eigenvalue weighted by Crippen LogP contribution is -2.38. The number of methoxy groups -OCH3 is 1. The van der Waals surface area contributed by atoms with Gasteiger partial charge < -0.3 is 24.3 Å². The number of esters is 1. The van der Waals surface area contributed by atoms with E-state index in [2.05, 4.69) is 19.8 Å². The first kappa shape index (κ1) is 32.4. The maximum atomic E-state index is 15.4. The highest BCUT2D eigenvalue weighted by Gasteiger charge is 2.35. The monoisotopic (exact) mass is 612 g/mol. The summed E-state index contributed by atoms with van der Waals surface area (Å²) >= 11 is 5.78. The Morgan fingerprint density at radius 2 is 1.62 bits per heavy atom. The van der Waals surface area contributed by atoms with Crippen molar-refractivity contribution in [3.05, 3.63) is 70.0 Å². The van der Waals surface area contributed by atoms with Crippen LogP contribution in [0.25, 0.3) is 0 Å². The van der Waals surface area contributed by atoms with Crippen molar-refractivity contribution >= 4 is 52.7 Å². The predicted octanol–water partition coefficient (Wildman–Crippen LogP) is 5.18. The van der Waals surface area contributed by atoms with Gasteiger partial charge in [0.25, 0.3) is 12.3 Å². The van der Waals surface area contributed by atoms with E-state index in [0.717, 1.165) is 25.4 Å². The number of halogens is 8. The Bertz CT molecular complexity index is 1520. The van der Waals surface area contributed by atoms with Crippen LogP contribution in [0.5, 0.6) is 23.0 Å². The second-order valence-corrected chi connectivity index (χ2v) is 8.35. The Morgan fingerprint density at radius 3 is 2.19 bits per heavy atom. The highest BCUT2D eigenvalue weighted by molar-refractivity contribution is 6.58. The van der Waals surface area contributed by atoms with E-state index in [0.29, 0.717) is 18.2 Å². The fraction of sp³-hybridized carbons (Fsp3) is 0.174. The van der Waals surface area contributed by atoms with Gasteiger partial charge in [-0.3, -0.25) is 4.79 Å². The number of carbonyl (C=O) groups excluding carboxylic acids is 2. The van der Waals surface area contributed by atoms with E-state index in [1.807, 2.05) is 0 Å². The fourth-order valence-electron chi connectivity index (χ4n) is 3.22. The number of anilines is 1. The van der Waals surface area contributed by atoms with Crippen LogP contribution in [0.15, 0.2) is 36.5 Å². The van der Waals surface area contributed by atoms with Gasteiger partial charge in [-0.1, -0.05) is 11.6 Å². The van der Waals surface area contributed by atoms with Gasteiger partial charge >= 0.3 is 12.3 Å². The highest BCUT2D eigenvalue weighted by atomic mass is 35.5. The van der Waals surface area contributed by atoms with Crippen LogP contribution >= 0.6 is 11.6 Å². The molecule has 0 bridgehead atoms. The Morgan fingerprint density at radius 1 is 0.976 bits per heavy atom. The lowest BCUT2D eigenvalue weighted by molar-refractivity contribution is -0.275. The number of alkyl halides is 5. The van der Waals surface area contributed by atoms with Crippen LogP contribution in [0.3, 0.4) is 0 Å². The van der Waals surface area contributed by atoms with Crippen molar-refractivity contribution in [1.82, 2.24) is 4.98 Å². The standard InChI is InChI=1S/C23H11B3ClF7N2O6/c1-39-21(38)10-6-8(4-5-35-10)36-20(37)15-13(7-9(27)14(17(15)29)19(30)31)40-12-3-2-11(41-23(32,33)34)16(28)18(12)42-22(24,25)26/h2-7,19H,1H3,(H,35,36,37). The summed E-state index contributed by atoms with van der Waals surface area (Å²) in [4.78, 5) is 28.5. The summed E-state index contributed by atoms with van der Waals surface area (Å²) in [5, 5.41) is -1.58. The Kier molecular flexibility index (Phi) is 9.60. The normalized spacial score (nSPS) is 11.7. The smallest absolute Gasteiger partial charge is 0.510 e. The van der Waals surface area contributed by atoms with Gasteiger partial charge in [0, 0.05) is 18.0 Å². The molecule has 6 radical (unpaired) electrons. The Balaban J connectivity index is 2.16. The third-order valence-electron chi connectivity index (χ3n) is 4.83. The number of nitrogens with one attached hydrogen (secondary N) is 1. The second kappa shape index (κ2) is 12.4. The van der Waals surface area contributed by atoms with E-state index < -0.39 is 80.7 Å². The number of rotatable bonds is 9. The lowest BCUT2D eigenvalue weighted by atomic mass is 9.52. The van der Waals surface area contributed by atoms with Crippen molar-refractivity contribution in [1.29, 1.82) is 0 Å². The van der Waals surface area contributed by atoms with Gasteiger partial charge in [0.15, 0.2) is 17.2 Å². The maximum Gasteiger partial charge on any atom is 0.573 e. The first-order valence-electron chi connectivity index (χ1n) is 10.9. The van der Waals surface area contributed by atoms with Crippen molar-refractivity contribution in [2.45, 2.75) is 18.1 Å². The molecule has 0 atom stereocenters. The van der Waals surface area contributed by atoms with Gasteiger partial charge in [0.05, 0.1) is 17.7 Å². The van der Waals surface area contributed by atoms with Crippen molar-refractivity contribution in [2.75, 3.05) is 12.4 Å². The molecule has 0 aliphatic heterocycles. The fourth-order valence-corrected chi connectivity index (χ4v) is 3.48. The first-order valence-corrected chi connectivity index (χ1v) is 11.3. The molecule has 0 aliphatic carbocycles. The zero-order valence-corrected chi connectivity index (χ0v) is 21.4. The molecular formula is C23H11B3ClF7N2O6. The highest BCUT2D eigenvalue weighted by Crippen LogP contribution is 2.44. The van der Waals surface area contributed by atoms with E-state index in [-0.39, 0.29) is 11.4 Å². The number of carbonyl (C=O) groups is 2. The van der Waals surface area contributed by atoms with E-state index in [1.54, 1.807) is 0 Å². The predicted molar refractivity (Wildman–Crippen MR) is 134 cm³/mol. The first-order chi connectivity index (χ1) is 19.4. The average molecular weight is 612 g/mol. The zero-order chi connectivity index (χ0) is 31.6. The summed E-state index contributed by atoms with van der Waals surface area (Å²) in [7, 11) is 16.8. The quantitative estimate of drug-likeness (QED) is 0.202. The summed E-state index contributed by atoms with van der Waals surface area (Å²) in [6.45, 7) is 0. The van der Waals surface area contributed by atoms with Crippen LogP contribution in [-0.2, 0) is 4.74 Å². The third-order valence-corrected chi connectivity index (χ3v) is 5.14. The van der Waals surface area contributed by atoms with Gasteiger partial charge in [-0.2, -0.15) is 4.39 Å². The molecule has 0 fully saturated rings. The second-order valence-electron chi connectivity index (χ2n) is 7.95. The number of aromatic nitrogens is 1. The molecule has 3 rings (SSSR count). The Labute approximate surface area is 240 Å². The molecule has 19 heteroatoms. The van der Waals surface area contributed by atoms with Gasteiger partial charge in [-0.15, -0.1) is 13.2 Å². The topological polar surface area (TPSA) is 96.0 Å². The molecule has 1 amide bonds. The summed E-state index contributed by atoms with van der Waals surface area (Å²) < 4.78 is 114. The van der Waals surface area contributed by atoms with E-state index in [1.165, 1.54) is 0 Å². The number of amides is 1. The van der Waals surface area contributed by atoms with Crippen molar-refractivity contribution in [2.24, 2.45) is 0 Å². The number of ether oxygens (including phenoxy) is 4. The minimum absolute atomic E-state index is 0.197. The van der Waals surface area contributed by atoms with E-state index >= 15 is 4.39 Å². The molecule has 0 saturated heterocycles. The maximum absolute atomic E-state index is 15.4. The molecular weight excluding hydrogens is 601 g/mol. The van der Waals surface area contributed by atoms with Gasteiger partial charge in [-0.05, 0) is 29.6 Å². The largest absolute Gasteiger partial charge is 0.573 e. The van der Waals surface area contributed by atoms with Gasteiger partial charge in [0.2, 0.25) is 5.82 Å². The molecule has 1 heterocycles. The van der Waals surface area contributed by atoms with Crippen LogP contribution < -0.4 is 19.5 Å². The molecule has 0 saturated carbocycles. The van der Waals surface area contributed by atoms with Gasteiger partial charge in [0.1, 0.15) is 46.4 Å². The van der Waals surface area contributed by atoms with Crippen molar-refractivity contribution < 1.29 is 59.3 Å². The molecule has 42 heavy (non-hydrogen) atoms. The minimum Gasteiger partial charge on any atom is -0.510 e. The minimum atomic E-state index is -5.38. The SMILES string of the molecule is [B]C([B])([B])Oc1c(Oc2cc(Cl)c(C(F)F)c(F)c2C(=O)Nc2ccnc(C(=O)OC)c2)ccc(OC(F)(F)F)c1F. The van der Waals surface area contributed by atoms with Crippen LogP contribution in [0.4, 0.5) is 36.4 Å². The Hall–Kier alpha value is -4.08. The third kappa shape index (κ3) is 7.81.